The molecular weight excluding hydrogens is 509 g/mol. The predicted octanol–water partition coefficient (Wildman–Crippen LogP) is 11.5. The van der Waals surface area contributed by atoms with E-state index in [9.17, 15) is 0 Å². The van der Waals surface area contributed by atoms with E-state index in [1.807, 2.05) is 56.7 Å². The molecule has 1 aliphatic carbocycles. The van der Waals surface area contributed by atoms with Crippen molar-refractivity contribution >= 4 is 56.7 Å². The van der Waals surface area contributed by atoms with Crippen molar-refractivity contribution in [3.8, 4) is 39.0 Å². The molecule has 1 saturated carbocycles. The Kier molecular flexibility index (Phi) is 6.42. The maximum absolute atomic E-state index is 2.43. The summed E-state index contributed by atoms with van der Waals surface area (Å²) in [6.45, 7) is 7.04. The zero-order valence-electron chi connectivity index (χ0n) is 19.7. The summed E-state index contributed by atoms with van der Waals surface area (Å²) < 4.78 is 0. The minimum Gasteiger partial charge on any atom is -0.140 e. The molecule has 0 aliphatic heterocycles. The first kappa shape index (κ1) is 22.9. The van der Waals surface area contributed by atoms with E-state index in [-0.39, 0.29) is 0 Å². The average molecular weight is 537 g/mol. The zero-order chi connectivity index (χ0) is 23.2. The van der Waals surface area contributed by atoms with Crippen molar-refractivity contribution < 1.29 is 0 Å². The number of hydrogen-bond donors (Lipinski definition) is 0. The summed E-state index contributed by atoms with van der Waals surface area (Å²) in [5, 5.41) is 0. The monoisotopic (exact) mass is 536 g/mol. The Hall–Kier alpha value is -1.50. The highest BCUT2D eigenvalue weighted by molar-refractivity contribution is 7.29. The molecule has 6 rings (SSSR count). The van der Waals surface area contributed by atoms with Gasteiger partial charge in [0.05, 0.1) is 0 Å². The lowest BCUT2D eigenvalue weighted by Crippen LogP contribution is -2.17. The second-order valence-corrected chi connectivity index (χ2v) is 15.4. The van der Waals surface area contributed by atoms with Crippen molar-refractivity contribution in [2.45, 2.75) is 46.0 Å². The van der Waals surface area contributed by atoms with Crippen LogP contribution in [0, 0.1) is 18.8 Å². The van der Waals surface area contributed by atoms with E-state index in [0.29, 0.717) is 0 Å². The van der Waals surface area contributed by atoms with Gasteiger partial charge in [0.2, 0.25) is 0 Å². The van der Waals surface area contributed by atoms with Gasteiger partial charge >= 0.3 is 0 Å². The molecule has 34 heavy (non-hydrogen) atoms. The highest BCUT2D eigenvalue weighted by atomic mass is 32.1. The topological polar surface area (TPSA) is 0 Å². The van der Waals surface area contributed by atoms with Crippen LogP contribution in [0.2, 0.25) is 0 Å². The lowest BCUT2D eigenvalue weighted by Gasteiger charge is -2.30. The van der Waals surface area contributed by atoms with Gasteiger partial charge < -0.3 is 0 Å². The Morgan fingerprint density at radius 3 is 1.29 bits per heavy atom. The van der Waals surface area contributed by atoms with Gasteiger partial charge in [0.25, 0.3) is 0 Å². The summed E-state index contributed by atoms with van der Waals surface area (Å²) >= 11 is 9.67. The maximum atomic E-state index is 2.43. The molecule has 1 aliphatic rings. The van der Waals surface area contributed by atoms with Crippen LogP contribution in [0.1, 0.15) is 48.8 Å². The molecule has 5 aromatic heterocycles. The lowest BCUT2D eigenvalue weighted by atomic mass is 9.76. The molecular formula is C29H28S5. The van der Waals surface area contributed by atoms with Crippen molar-refractivity contribution in [2.24, 2.45) is 11.8 Å². The number of hydrogen-bond acceptors (Lipinski definition) is 5. The van der Waals surface area contributed by atoms with Crippen LogP contribution in [-0.4, -0.2) is 0 Å². The second-order valence-electron chi connectivity index (χ2n) is 9.72. The van der Waals surface area contributed by atoms with Crippen LogP contribution in [0.3, 0.4) is 0 Å². The SMILES string of the molecule is Cc1ccc(-c2ccc(-c3ccc(-c4ccc(-c5ccc(C6CC(C)CC(C)C6)s5)s4)s3)s2)s1. The Labute approximate surface area is 222 Å². The summed E-state index contributed by atoms with van der Waals surface area (Å²) in [5.74, 6) is 2.47. The molecule has 0 bridgehead atoms. The van der Waals surface area contributed by atoms with Crippen LogP contribution < -0.4 is 0 Å². The standard InChI is InChI=1S/C29H28S5/c1-17-14-18(2)16-20(15-17)21-6-7-24(31-21)25-10-11-28(33-25)29-13-12-27(34-29)26-9-8-23(32-26)22-5-4-19(3)30-22/h4-13,17-18,20H,14-16H2,1-3H3. The zero-order valence-corrected chi connectivity index (χ0v) is 23.8. The Balaban J connectivity index is 1.20. The predicted molar refractivity (Wildman–Crippen MR) is 157 cm³/mol. The molecule has 0 amide bonds. The van der Waals surface area contributed by atoms with E-state index < -0.39 is 0 Å². The van der Waals surface area contributed by atoms with Gasteiger partial charge in [-0.15, -0.1) is 56.7 Å². The van der Waals surface area contributed by atoms with Gasteiger partial charge in [-0.3, -0.25) is 0 Å². The third kappa shape index (κ3) is 4.66. The van der Waals surface area contributed by atoms with Crippen molar-refractivity contribution in [2.75, 3.05) is 0 Å². The number of thiophene rings is 5. The third-order valence-corrected chi connectivity index (χ3v) is 13.0. The van der Waals surface area contributed by atoms with Crippen molar-refractivity contribution in [1.82, 2.24) is 0 Å². The average Bonchev–Trinajstić information content (AvgIpc) is 3.63. The Morgan fingerprint density at radius 2 is 0.853 bits per heavy atom. The first-order valence-corrected chi connectivity index (χ1v) is 16.1. The lowest BCUT2D eigenvalue weighted by molar-refractivity contribution is 0.270. The van der Waals surface area contributed by atoms with Gasteiger partial charge in [-0.1, -0.05) is 13.8 Å². The molecule has 0 N–H and O–H groups in total. The summed E-state index contributed by atoms with van der Waals surface area (Å²) in [4.78, 5) is 14.0. The van der Waals surface area contributed by atoms with Gasteiger partial charge in [-0.2, -0.15) is 0 Å². The van der Waals surface area contributed by atoms with Crippen molar-refractivity contribution in [3.63, 3.8) is 0 Å². The smallest absolute Gasteiger partial charge is 0.0449 e. The van der Waals surface area contributed by atoms with Crippen LogP contribution in [0.5, 0.6) is 0 Å². The van der Waals surface area contributed by atoms with E-state index in [1.165, 1.54) is 63.2 Å². The maximum Gasteiger partial charge on any atom is 0.0449 e. The van der Waals surface area contributed by atoms with E-state index in [1.54, 1.807) is 4.88 Å². The van der Waals surface area contributed by atoms with Crippen LogP contribution in [0.25, 0.3) is 39.0 Å². The van der Waals surface area contributed by atoms with Gasteiger partial charge in [-0.25, -0.2) is 0 Å². The van der Waals surface area contributed by atoms with E-state index >= 15 is 0 Å². The number of aryl methyl sites for hydroxylation is 1. The molecule has 1 fully saturated rings. The van der Waals surface area contributed by atoms with Crippen LogP contribution in [0.4, 0.5) is 0 Å². The normalized spacial score (nSPS) is 20.7. The molecule has 0 radical (unpaired) electrons. The summed E-state index contributed by atoms with van der Waals surface area (Å²) in [6, 6.07) is 23.0. The van der Waals surface area contributed by atoms with Crippen LogP contribution in [0.15, 0.2) is 60.7 Å². The second kappa shape index (κ2) is 9.51. The first-order chi connectivity index (χ1) is 16.5. The van der Waals surface area contributed by atoms with Gasteiger partial charge in [-0.05, 0) is 105 Å². The molecule has 0 nitrogen and oxygen atoms in total. The fraction of sp³-hybridized carbons (Fsp3) is 0.310. The number of rotatable bonds is 5. The van der Waals surface area contributed by atoms with E-state index in [2.05, 4.69) is 81.4 Å². The summed E-state index contributed by atoms with van der Waals surface area (Å²) in [7, 11) is 0. The van der Waals surface area contributed by atoms with Crippen molar-refractivity contribution in [1.29, 1.82) is 0 Å². The Bertz CT molecular complexity index is 1390. The summed E-state index contributed by atoms with van der Waals surface area (Å²) in [6.07, 6.45) is 4.11. The molecule has 174 valence electrons. The highest BCUT2D eigenvalue weighted by Crippen LogP contribution is 2.47. The van der Waals surface area contributed by atoms with Gasteiger partial charge in [0.15, 0.2) is 0 Å². The van der Waals surface area contributed by atoms with Crippen molar-refractivity contribution in [3.05, 3.63) is 70.4 Å². The van der Waals surface area contributed by atoms with Gasteiger partial charge in [0, 0.05) is 48.8 Å². The fourth-order valence-corrected chi connectivity index (χ4v) is 10.6. The minimum atomic E-state index is 0.755. The first-order valence-electron chi connectivity index (χ1n) is 12.0. The molecule has 2 atom stereocenters. The molecule has 5 aromatic rings. The Morgan fingerprint density at radius 1 is 0.471 bits per heavy atom. The van der Waals surface area contributed by atoms with Crippen LogP contribution >= 0.6 is 56.7 Å². The molecule has 2 unspecified atom stereocenters. The van der Waals surface area contributed by atoms with Crippen LogP contribution in [-0.2, 0) is 0 Å². The molecule has 0 spiro atoms. The largest absolute Gasteiger partial charge is 0.140 e. The highest BCUT2D eigenvalue weighted by Gasteiger charge is 2.26. The molecule has 0 aromatic carbocycles. The molecule has 5 heterocycles. The minimum absolute atomic E-state index is 0.755. The quantitative estimate of drug-likeness (QED) is 0.209. The van der Waals surface area contributed by atoms with E-state index in [4.69, 9.17) is 0 Å². The molecule has 5 heteroatoms. The third-order valence-electron chi connectivity index (χ3n) is 6.74. The van der Waals surface area contributed by atoms with E-state index in [0.717, 1.165) is 17.8 Å². The fourth-order valence-electron chi connectivity index (χ4n) is 5.26. The van der Waals surface area contributed by atoms with Gasteiger partial charge in [0.1, 0.15) is 0 Å². The molecule has 0 saturated heterocycles. The summed E-state index contributed by atoms with van der Waals surface area (Å²) in [5.41, 5.74) is 0.